The smallest absolute Gasteiger partial charge is 0.0281 e. The first kappa shape index (κ1) is 16.9. The third-order valence-corrected chi connectivity index (χ3v) is 6.51. The number of thioether (sulfide) groups is 1. The molecule has 1 saturated carbocycles. The lowest BCUT2D eigenvalue weighted by Crippen LogP contribution is -2.41. The van der Waals surface area contributed by atoms with E-state index in [2.05, 4.69) is 74.4 Å². The van der Waals surface area contributed by atoms with E-state index in [9.17, 15) is 0 Å². The van der Waals surface area contributed by atoms with Crippen molar-refractivity contribution in [1.82, 2.24) is 5.32 Å². The van der Waals surface area contributed by atoms with Crippen LogP contribution in [0.4, 0.5) is 0 Å². The molecule has 1 aliphatic carbocycles. The average molecular weight is 306 g/mol. The molecule has 2 heteroatoms. The third kappa shape index (κ3) is 4.50. The van der Waals surface area contributed by atoms with Gasteiger partial charge in [-0.3, -0.25) is 0 Å². The number of hydrogen-bond acceptors (Lipinski definition) is 2. The fourth-order valence-electron chi connectivity index (χ4n) is 3.68. The number of benzene rings is 1. The van der Waals surface area contributed by atoms with Gasteiger partial charge >= 0.3 is 0 Å². The molecule has 21 heavy (non-hydrogen) atoms. The summed E-state index contributed by atoms with van der Waals surface area (Å²) in [6.07, 6.45) is 9.05. The minimum Gasteiger partial charge on any atom is -0.313 e. The molecule has 1 aromatic rings. The summed E-state index contributed by atoms with van der Waals surface area (Å²) >= 11 is 2.07. The highest BCUT2D eigenvalue weighted by atomic mass is 32.2. The Bertz CT molecular complexity index is 420. The summed E-state index contributed by atoms with van der Waals surface area (Å²) in [5.74, 6) is 0. The molecule has 1 aliphatic rings. The summed E-state index contributed by atoms with van der Waals surface area (Å²) in [5, 5.41) is 3.82. The van der Waals surface area contributed by atoms with Gasteiger partial charge in [0.25, 0.3) is 0 Å². The van der Waals surface area contributed by atoms with Gasteiger partial charge in [0.1, 0.15) is 0 Å². The Kier molecular flexibility index (Phi) is 5.79. The first-order valence-electron chi connectivity index (χ1n) is 8.32. The molecule has 0 saturated heterocycles. The van der Waals surface area contributed by atoms with Gasteiger partial charge in [0.2, 0.25) is 0 Å². The van der Waals surface area contributed by atoms with Crippen LogP contribution in [-0.4, -0.2) is 23.6 Å². The Morgan fingerprint density at radius 3 is 2.38 bits per heavy atom. The van der Waals surface area contributed by atoms with Crippen molar-refractivity contribution < 1.29 is 0 Å². The maximum Gasteiger partial charge on any atom is 0.0281 e. The van der Waals surface area contributed by atoms with Crippen molar-refractivity contribution in [3.63, 3.8) is 0 Å². The Morgan fingerprint density at radius 1 is 1.19 bits per heavy atom. The molecule has 0 aromatic heterocycles. The van der Waals surface area contributed by atoms with Gasteiger partial charge in [-0.1, -0.05) is 57.0 Å². The van der Waals surface area contributed by atoms with E-state index in [-0.39, 0.29) is 5.41 Å². The van der Waals surface area contributed by atoms with E-state index in [1.165, 1.54) is 44.2 Å². The van der Waals surface area contributed by atoms with Crippen LogP contribution >= 0.6 is 11.8 Å². The molecule has 118 valence electrons. The first-order chi connectivity index (χ1) is 9.97. The summed E-state index contributed by atoms with van der Waals surface area (Å²) in [6.45, 7) is 8.23. The lowest BCUT2D eigenvalue weighted by molar-refractivity contribution is 0.374. The SMILES string of the molecule is CSC1(CNC(C)CC(C)(C)c2ccccc2)CCCC1. The summed E-state index contributed by atoms with van der Waals surface area (Å²) in [5.41, 5.74) is 1.68. The van der Waals surface area contributed by atoms with Gasteiger partial charge in [-0.05, 0) is 43.4 Å². The Labute approximate surface area is 135 Å². The molecule has 1 N–H and O–H groups in total. The van der Waals surface area contributed by atoms with Gasteiger partial charge in [-0.15, -0.1) is 0 Å². The molecule has 1 unspecified atom stereocenters. The van der Waals surface area contributed by atoms with Crippen molar-refractivity contribution in [3.8, 4) is 0 Å². The van der Waals surface area contributed by atoms with Crippen molar-refractivity contribution >= 4 is 11.8 Å². The Hall–Kier alpha value is -0.470. The van der Waals surface area contributed by atoms with Crippen LogP contribution in [0.25, 0.3) is 0 Å². The molecule has 0 radical (unpaired) electrons. The molecule has 1 aromatic carbocycles. The molecule has 1 nitrogen and oxygen atoms in total. The van der Waals surface area contributed by atoms with Crippen LogP contribution in [0.15, 0.2) is 30.3 Å². The van der Waals surface area contributed by atoms with Gasteiger partial charge in [0.15, 0.2) is 0 Å². The lowest BCUT2D eigenvalue weighted by Gasteiger charge is -2.33. The van der Waals surface area contributed by atoms with E-state index >= 15 is 0 Å². The molecule has 0 heterocycles. The van der Waals surface area contributed by atoms with Gasteiger partial charge in [-0.2, -0.15) is 11.8 Å². The molecular formula is C19H31NS. The molecule has 0 spiro atoms. The Morgan fingerprint density at radius 2 is 1.81 bits per heavy atom. The second kappa shape index (κ2) is 7.19. The quantitative estimate of drug-likeness (QED) is 0.760. The molecule has 1 atom stereocenters. The van der Waals surface area contributed by atoms with Crippen LogP contribution in [0.3, 0.4) is 0 Å². The highest BCUT2D eigenvalue weighted by molar-refractivity contribution is 8.00. The normalized spacial score (nSPS) is 19.6. The summed E-state index contributed by atoms with van der Waals surface area (Å²) < 4.78 is 0.505. The van der Waals surface area contributed by atoms with E-state index in [0.717, 1.165) is 0 Å². The summed E-state index contributed by atoms with van der Waals surface area (Å²) in [6, 6.07) is 11.5. The van der Waals surface area contributed by atoms with E-state index in [0.29, 0.717) is 10.8 Å². The van der Waals surface area contributed by atoms with Crippen molar-refractivity contribution in [1.29, 1.82) is 0 Å². The lowest BCUT2D eigenvalue weighted by atomic mass is 9.79. The topological polar surface area (TPSA) is 12.0 Å². The molecule has 2 rings (SSSR count). The predicted octanol–water partition coefficient (Wildman–Crippen LogP) is 5.01. The highest BCUT2D eigenvalue weighted by Crippen LogP contribution is 2.39. The second-order valence-electron chi connectivity index (χ2n) is 7.33. The summed E-state index contributed by atoms with van der Waals surface area (Å²) in [7, 11) is 0. The highest BCUT2D eigenvalue weighted by Gasteiger charge is 2.33. The minimum absolute atomic E-state index is 0.232. The van der Waals surface area contributed by atoms with Crippen molar-refractivity contribution in [2.24, 2.45) is 0 Å². The van der Waals surface area contributed by atoms with Crippen LogP contribution in [0.2, 0.25) is 0 Å². The number of hydrogen-bond donors (Lipinski definition) is 1. The fraction of sp³-hybridized carbons (Fsp3) is 0.684. The second-order valence-corrected chi connectivity index (χ2v) is 8.60. The molecule has 1 fully saturated rings. The monoisotopic (exact) mass is 305 g/mol. The first-order valence-corrected chi connectivity index (χ1v) is 9.54. The molecular weight excluding hydrogens is 274 g/mol. The number of nitrogens with one attached hydrogen (secondary N) is 1. The summed E-state index contributed by atoms with van der Waals surface area (Å²) in [4.78, 5) is 0. The zero-order valence-corrected chi connectivity index (χ0v) is 14.9. The van der Waals surface area contributed by atoms with Crippen molar-refractivity contribution in [3.05, 3.63) is 35.9 Å². The van der Waals surface area contributed by atoms with Crippen LogP contribution < -0.4 is 5.32 Å². The molecule has 0 aliphatic heterocycles. The average Bonchev–Trinajstić information content (AvgIpc) is 2.95. The van der Waals surface area contributed by atoms with Crippen molar-refractivity contribution in [2.75, 3.05) is 12.8 Å². The third-order valence-electron chi connectivity index (χ3n) is 5.09. The van der Waals surface area contributed by atoms with Crippen LogP contribution in [0, 0.1) is 0 Å². The van der Waals surface area contributed by atoms with E-state index in [1.54, 1.807) is 0 Å². The zero-order chi connectivity index (χ0) is 15.3. The predicted molar refractivity (Wildman–Crippen MR) is 96.3 cm³/mol. The van der Waals surface area contributed by atoms with Gasteiger partial charge in [0, 0.05) is 17.3 Å². The molecule has 0 amide bonds. The largest absolute Gasteiger partial charge is 0.313 e. The van der Waals surface area contributed by atoms with Gasteiger partial charge in [-0.25, -0.2) is 0 Å². The van der Waals surface area contributed by atoms with Gasteiger partial charge < -0.3 is 5.32 Å². The van der Waals surface area contributed by atoms with Gasteiger partial charge in [0.05, 0.1) is 0 Å². The maximum absolute atomic E-state index is 3.82. The van der Waals surface area contributed by atoms with E-state index in [1.807, 2.05) is 0 Å². The fourth-order valence-corrected chi connectivity index (χ4v) is 4.60. The maximum atomic E-state index is 3.82. The van der Waals surface area contributed by atoms with E-state index < -0.39 is 0 Å². The standard InChI is InChI=1S/C19H31NS/c1-16(20-15-19(21-4)12-8-9-13-19)14-18(2,3)17-10-6-5-7-11-17/h5-7,10-11,16,20H,8-9,12-15H2,1-4H3. The van der Waals surface area contributed by atoms with E-state index in [4.69, 9.17) is 0 Å². The zero-order valence-electron chi connectivity index (χ0n) is 14.1. The molecule has 0 bridgehead atoms. The Balaban J connectivity index is 1.88. The number of rotatable bonds is 7. The van der Waals surface area contributed by atoms with Crippen LogP contribution in [0.5, 0.6) is 0 Å². The minimum atomic E-state index is 0.232. The van der Waals surface area contributed by atoms with Crippen LogP contribution in [0.1, 0.15) is 58.4 Å². The van der Waals surface area contributed by atoms with Crippen molar-refractivity contribution in [2.45, 2.75) is 69.1 Å². The van der Waals surface area contributed by atoms with Crippen LogP contribution in [-0.2, 0) is 5.41 Å².